The Morgan fingerprint density at radius 3 is 2.54 bits per heavy atom. The second kappa shape index (κ2) is 8.04. The van der Waals surface area contributed by atoms with Gasteiger partial charge in [-0.25, -0.2) is 4.98 Å². The molecule has 3 heterocycles. The zero-order chi connectivity index (χ0) is 19.5. The van der Waals surface area contributed by atoms with Crippen LogP contribution in [0.2, 0.25) is 0 Å². The Morgan fingerprint density at radius 2 is 1.79 bits per heavy atom. The first-order valence-electron chi connectivity index (χ1n) is 9.94. The zero-order valence-electron chi connectivity index (χ0n) is 16.6. The van der Waals surface area contributed by atoms with Crippen LogP contribution in [0.3, 0.4) is 0 Å². The smallest absolute Gasteiger partial charge is 0.246 e. The van der Waals surface area contributed by atoms with Crippen molar-refractivity contribution in [2.45, 2.75) is 26.2 Å². The van der Waals surface area contributed by atoms with Crippen molar-refractivity contribution in [1.82, 2.24) is 9.97 Å². The Hall–Kier alpha value is -2.83. The van der Waals surface area contributed by atoms with Crippen LogP contribution in [0.1, 0.15) is 25.0 Å². The number of methoxy groups -OCH3 is 1. The number of anilines is 3. The lowest BCUT2D eigenvalue weighted by molar-refractivity contribution is -0.117. The van der Waals surface area contributed by atoms with Gasteiger partial charge in [0, 0.05) is 49.7 Å². The molecule has 2 aromatic rings. The van der Waals surface area contributed by atoms with Crippen LogP contribution in [0.15, 0.2) is 30.3 Å². The van der Waals surface area contributed by atoms with Crippen molar-refractivity contribution in [2.24, 2.45) is 0 Å². The summed E-state index contributed by atoms with van der Waals surface area (Å²) in [6, 6.07) is 9.61. The van der Waals surface area contributed by atoms with E-state index in [-0.39, 0.29) is 5.91 Å². The molecule has 1 aromatic heterocycles. The number of ether oxygens (including phenoxy) is 1. The quantitative estimate of drug-likeness (QED) is 0.811. The van der Waals surface area contributed by atoms with Gasteiger partial charge in [0.05, 0.1) is 13.7 Å². The number of hydrogen-bond acceptors (Lipinski definition) is 6. The number of aryl methyl sites for hydroxylation is 1. The van der Waals surface area contributed by atoms with E-state index >= 15 is 0 Å². The second-order valence-electron chi connectivity index (χ2n) is 7.38. The van der Waals surface area contributed by atoms with Gasteiger partial charge < -0.3 is 19.4 Å². The first kappa shape index (κ1) is 18.5. The summed E-state index contributed by atoms with van der Waals surface area (Å²) < 4.78 is 5.29. The summed E-state index contributed by atoms with van der Waals surface area (Å²) in [6.07, 6.45) is 3.64. The molecule has 7 heteroatoms. The van der Waals surface area contributed by atoms with Crippen molar-refractivity contribution in [1.29, 1.82) is 0 Å². The SMILES string of the molecule is COc1cccc(N2CCN(c3cc(C)nc(N4CCCCC4)n3)CC2=O)c1. The zero-order valence-corrected chi connectivity index (χ0v) is 16.6. The maximum Gasteiger partial charge on any atom is 0.246 e. The Balaban J connectivity index is 1.51. The van der Waals surface area contributed by atoms with Gasteiger partial charge in [0.2, 0.25) is 11.9 Å². The first-order chi connectivity index (χ1) is 13.6. The molecule has 0 atom stereocenters. The number of carbonyl (C=O) groups is 1. The molecular weight excluding hydrogens is 354 g/mol. The number of aromatic nitrogens is 2. The van der Waals surface area contributed by atoms with Crippen molar-refractivity contribution < 1.29 is 9.53 Å². The Labute approximate surface area is 165 Å². The van der Waals surface area contributed by atoms with Crippen LogP contribution in [-0.2, 0) is 4.79 Å². The molecule has 0 radical (unpaired) electrons. The minimum atomic E-state index is 0.0651. The van der Waals surface area contributed by atoms with Crippen LogP contribution in [0.4, 0.5) is 17.5 Å². The number of amides is 1. The average Bonchev–Trinajstić information content (AvgIpc) is 2.74. The second-order valence-corrected chi connectivity index (χ2v) is 7.38. The predicted molar refractivity (Wildman–Crippen MR) is 110 cm³/mol. The molecule has 2 fully saturated rings. The van der Waals surface area contributed by atoms with Crippen LogP contribution < -0.4 is 19.4 Å². The number of benzene rings is 1. The maximum atomic E-state index is 12.8. The lowest BCUT2D eigenvalue weighted by Gasteiger charge is -2.35. The fourth-order valence-corrected chi connectivity index (χ4v) is 3.85. The molecule has 0 aliphatic carbocycles. The predicted octanol–water partition coefficient (Wildman–Crippen LogP) is 2.64. The van der Waals surface area contributed by atoms with Crippen LogP contribution >= 0.6 is 0 Å². The van der Waals surface area contributed by atoms with E-state index in [9.17, 15) is 4.79 Å². The van der Waals surface area contributed by atoms with Crippen LogP contribution in [0.25, 0.3) is 0 Å². The van der Waals surface area contributed by atoms with E-state index in [1.807, 2.05) is 42.2 Å². The molecule has 0 N–H and O–H groups in total. The van der Waals surface area contributed by atoms with Gasteiger partial charge >= 0.3 is 0 Å². The van der Waals surface area contributed by atoms with Gasteiger partial charge in [0.25, 0.3) is 0 Å². The van der Waals surface area contributed by atoms with Crippen molar-refractivity contribution in [2.75, 3.05) is 54.5 Å². The lowest BCUT2D eigenvalue weighted by atomic mass is 10.1. The van der Waals surface area contributed by atoms with E-state index in [2.05, 4.69) is 14.8 Å². The largest absolute Gasteiger partial charge is 0.497 e. The normalized spacial score (nSPS) is 17.8. The van der Waals surface area contributed by atoms with Crippen LogP contribution in [0.5, 0.6) is 5.75 Å². The van der Waals surface area contributed by atoms with Gasteiger partial charge in [-0.05, 0) is 38.3 Å². The van der Waals surface area contributed by atoms with Crippen LogP contribution in [-0.4, -0.2) is 55.7 Å². The van der Waals surface area contributed by atoms with Gasteiger partial charge in [0.15, 0.2) is 0 Å². The molecule has 7 nitrogen and oxygen atoms in total. The topological polar surface area (TPSA) is 61.8 Å². The third kappa shape index (κ3) is 3.88. The molecule has 148 valence electrons. The van der Waals surface area contributed by atoms with Crippen LogP contribution in [0, 0.1) is 6.92 Å². The summed E-state index contributed by atoms with van der Waals surface area (Å²) in [5.74, 6) is 2.45. The minimum Gasteiger partial charge on any atom is -0.497 e. The summed E-state index contributed by atoms with van der Waals surface area (Å²) in [4.78, 5) is 28.4. The third-order valence-electron chi connectivity index (χ3n) is 5.38. The van der Waals surface area contributed by atoms with E-state index in [1.54, 1.807) is 7.11 Å². The first-order valence-corrected chi connectivity index (χ1v) is 9.94. The highest BCUT2D eigenvalue weighted by Crippen LogP contribution is 2.25. The highest BCUT2D eigenvalue weighted by Gasteiger charge is 2.27. The summed E-state index contributed by atoms with van der Waals surface area (Å²) >= 11 is 0. The molecule has 2 aliphatic heterocycles. The lowest BCUT2D eigenvalue weighted by Crippen LogP contribution is -2.51. The van der Waals surface area contributed by atoms with Gasteiger partial charge in [0.1, 0.15) is 11.6 Å². The number of piperidine rings is 1. The molecule has 1 aromatic carbocycles. The molecule has 0 unspecified atom stereocenters. The summed E-state index contributed by atoms with van der Waals surface area (Å²) in [7, 11) is 1.64. The third-order valence-corrected chi connectivity index (χ3v) is 5.38. The van der Waals surface area contributed by atoms with Gasteiger partial charge in [-0.3, -0.25) is 4.79 Å². The van der Waals surface area contributed by atoms with E-state index in [1.165, 1.54) is 19.3 Å². The highest BCUT2D eigenvalue weighted by atomic mass is 16.5. The molecule has 0 spiro atoms. The fraction of sp³-hybridized carbons (Fsp3) is 0.476. The summed E-state index contributed by atoms with van der Waals surface area (Å²) in [6.45, 7) is 5.67. The summed E-state index contributed by atoms with van der Waals surface area (Å²) in [5.41, 5.74) is 1.81. The molecule has 4 rings (SSSR count). The van der Waals surface area contributed by atoms with E-state index in [0.717, 1.165) is 48.5 Å². The highest BCUT2D eigenvalue weighted by molar-refractivity contribution is 5.97. The molecular formula is C21H27N5O2. The average molecular weight is 381 g/mol. The summed E-state index contributed by atoms with van der Waals surface area (Å²) in [5, 5.41) is 0. The van der Waals surface area contributed by atoms with Crippen molar-refractivity contribution in [3.05, 3.63) is 36.0 Å². The molecule has 2 saturated heterocycles. The van der Waals surface area contributed by atoms with Crippen molar-refractivity contribution in [3.63, 3.8) is 0 Å². The van der Waals surface area contributed by atoms with E-state index in [0.29, 0.717) is 13.1 Å². The van der Waals surface area contributed by atoms with Gasteiger partial charge in [-0.15, -0.1) is 0 Å². The van der Waals surface area contributed by atoms with E-state index < -0.39 is 0 Å². The Morgan fingerprint density at radius 1 is 0.964 bits per heavy atom. The van der Waals surface area contributed by atoms with Gasteiger partial charge in [-0.2, -0.15) is 4.98 Å². The standard InChI is InChI=1S/C21H27N5O2/c1-16-13-19(23-21(22-16)24-9-4-3-5-10-24)25-11-12-26(20(27)15-25)17-7-6-8-18(14-17)28-2/h6-8,13-14H,3-5,9-12,15H2,1-2H3. The van der Waals surface area contributed by atoms with Crippen molar-refractivity contribution in [3.8, 4) is 5.75 Å². The number of nitrogens with zero attached hydrogens (tertiary/aromatic N) is 5. The maximum absolute atomic E-state index is 12.8. The monoisotopic (exact) mass is 381 g/mol. The molecule has 2 aliphatic rings. The molecule has 1 amide bonds. The minimum absolute atomic E-state index is 0.0651. The number of hydrogen-bond donors (Lipinski definition) is 0. The molecule has 0 bridgehead atoms. The van der Waals surface area contributed by atoms with Gasteiger partial charge in [-0.1, -0.05) is 6.07 Å². The van der Waals surface area contributed by atoms with Crippen molar-refractivity contribution >= 4 is 23.4 Å². The number of carbonyl (C=O) groups excluding carboxylic acids is 1. The fourth-order valence-electron chi connectivity index (χ4n) is 3.85. The molecule has 0 saturated carbocycles. The Kier molecular flexibility index (Phi) is 5.32. The Bertz CT molecular complexity index is 850. The number of rotatable bonds is 4. The van der Waals surface area contributed by atoms with E-state index in [4.69, 9.17) is 9.72 Å². The number of piperazine rings is 1. The molecule has 28 heavy (non-hydrogen) atoms.